The molecule has 0 spiro atoms. The van der Waals surface area contributed by atoms with Crippen molar-refractivity contribution in [2.45, 2.75) is 0 Å². The predicted molar refractivity (Wildman–Crippen MR) is 245 cm³/mol. The van der Waals surface area contributed by atoms with Gasteiger partial charge in [-0.15, -0.1) is 11.3 Å². The Morgan fingerprint density at radius 3 is 1.76 bits per heavy atom. The molecule has 0 aliphatic carbocycles. The second-order valence-electron chi connectivity index (χ2n) is 14.6. The lowest BCUT2D eigenvalue weighted by molar-refractivity contribution is 0.629. The Morgan fingerprint density at radius 1 is 0.397 bits per heavy atom. The highest BCUT2D eigenvalue weighted by molar-refractivity contribution is 7.26. The van der Waals surface area contributed by atoms with Gasteiger partial charge in [0.05, 0.1) is 22.4 Å². The van der Waals surface area contributed by atoms with E-state index >= 15 is 0 Å². The van der Waals surface area contributed by atoms with Gasteiger partial charge < -0.3 is 9.47 Å². The second kappa shape index (κ2) is 14.0. The minimum atomic E-state index is -0.251. The number of aromatic nitrogens is 1. The number of hydrogen-bond acceptors (Lipinski definition) is 2. The third-order valence-corrected chi connectivity index (χ3v) is 12.5. The van der Waals surface area contributed by atoms with Gasteiger partial charge in [-0.25, -0.2) is 4.39 Å². The second-order valence-corrected chi connectivity index (χ2v) is 15.7. The smallest absolute Gasteiger partial charge is 0.125 e. The summed E-state index contributed by atoms with van der Waals surface area (Å²) in [5.74, 6) is -0.251. The Hall–Kier alpha value is -7.27. The molecule has 0 bridgehead atoms. The molecule has 0 radical (unpaired) electrons. The Bertz CT molecular complexity index is 3290. The van der Waals surface area contributed by atoms with E-state index in [2.05, 4.69) is 191 Å². The monoisotopic (exact) mass is 762 g/mol. The van der Waals surface area contributed by atoms with E-state index in [0.717, 1.165) is 66.8 Å². The van der Waals surface area contributed by atoms with Gasteiger partial charge in [0.2, 0.25) is 0 Å². The molecule has 2 aromatic heterocycles. The zero-order valence-corrected chi connectivity index (χ0v) is 32.2. The van der Waals surface area contributed by atoms with Gasteiger partial charge in [-0.05, 0) is 89.0 Å². The van der Waals surface area contributed by atoms with Crippen LogP contribution in [-0.4, -0.2) is 4.57 Å². The quantitative estimate of drug-likeness (QED) is 0.157. The fourth-order valence-electron chi connectivity index (χ4n) is 8.63. The molecule has 11 rings (SSSR count). The topological polar surface area (TPSA) is 8.17 Å². The molecule has 2 heterocycles. The fraction of sp³-hybridized carbons (Fsp3) is 0. The maximum atomic E-state index is 14.8. The average Bonchev–Trinajstić information content (AvgIpc) is 3.83. The van der Waals surface area contributed by atoms with E-state index < -0.39 is 0 Å². The summed E-state index contributed by atoms with van der Waals surface area (Å²) in [6.07, 6.45) is 0. The Morgan fingerprint density at radius 2 is 0.966 bits per heavy atom. The van der Waals surface area contributed by atoms with Crippen LogP contribution in [0.1, 0.15) is 0 Å². The van der Waals surface area contributed by atoms with Gasteiger partial charge in [0.1, 0.15) is 5.82 Å². The normalized spacial score (nSPS) is 11.5. The summed E-state index contributed by atoms with van der Waals surface area (Å²) >= 11 is 1.86. The molecule has 0 aliphatic rings. The van der Waals surface area contributed by atoms with Crippen molar-refractivity contribution < 1.29 is 4.39 Å². The standard InChI is InChI=1S/C54H35FN2S/c55-39-29-34-46-45-17-6-10-23-51(45)57(52(46)35-39)50-22-9-5-16-43(50)37-25-30-40(31-26-37)56(49-21-8-4-15-42(49)36-13-2-1-3-14-36)41-32-27-38(28-33-41)44-19-12-20-48-47-18-7-11-24-53(47)58-54(44)48/h1-35H. The molecule has 11 aromatic rings. The number of hydrogen-bond donors (Lipinski definition) is 0. The van der Waals surface area contributed by atoms with Gasteiger partial charge in [0, 0.05) is 53.4 Å². The molecule has 58 heavy (non-hydrogen) atoms. The summed E-state index contributed by atoms with van der Waals surface area (Å²) in [7, 11) is 0. The van der Waals surface area contributed by atoms with Crippen molar-refractivity contribution in [2.75, 3.05) is 4.90 Å². The third kappa shape index (κ3) is 5.69. The van der Waals surface area contributed by atoms with E-state index in [1.54, 1.807) is 12.1 Å². The van der Waals surface area contributed by atoms with Gasteiger partial charge in [0.25, 0.3) is 0 Å². The number of rotatable bonds is 7. The first-order valence-electron chi connectivity index (χ1n) is 19.5. The summed E-state index contributed by atoms with van der Waals surface area (Å²) < 4.78 is 19.6. The van der Waals surface area contributed by atoms with Gasteiger partial charge in [-0.1, -0.05) is 146 Å². The minimum absolute atomic E-state index is 0.251. The van der Waals surface area contributed by atoms with Gasteiger partial charge in [-0.3, -0.25) is 0 Å². The van der Waals surface area contributed by atoms with Crippen LogP contribution >= 0.6 is 11.3 Å². The van der Waals surface area contributed by atoms with Gasteiger partial charge in [0.15, 0.2) is 0 Å². The SMILES string of the molecule is Fc1ccc2c3ccccc3n(-c3ccccc3-c3ccc(N(c4ccc(-c5cccc6c5sc5ccccc56)cc4)c4ccccc4-c4ccccc4)cc3)c2c1. The Kier molecular flexibility index (Phi) is 8.23. The fourth-order valence-corrected chi connectivity index (χ4v) is 9.87. The lowest BCUT2D eigenvalue weighted by Crippen LogP contribution is -2.11. The van der Waals surface area contributed by atoms with Crippen molar-refractivity contribution in [3.05, 3.63) is 218 Å². The molecule has 0 amide bonds. The van der Waals surface area contributed by atoms with Crippen LogP contribution < -0.4 is 4.90 Å². The maximum absolute atomic E-state index is 14.8. The zero-order valence-electron chi connectivity index (χ0n) is 31.4. The zero-order chi connectivity index (χ0) is 38.6. The van der Waals surface area contributed by atoms with Crippen LogP contribution in [0, 0.1) is 5.82 Å². The lowest BCUT2D eigenvalue weighted by Gasteiger charge is -2.28. The number of para-hydroxylation sites is 3. The first-order valence-corrected chi connectivity index (χ1v) is 20.4. The molecule has 9 aromatic carbocycles. The molecule has 0 N–H and O–H groups in total. The molecule has 0 fully saturated rings. The summed E-state index contributed by atoms with van der Waals surface area (Å²) in [6, 6.07) is 74.2. The Labute approximate surface area is 339 Å². The van der Waals surface area contributed by atoms with E-state index in [4.69, 9.17) is 0 Å². The van der Waals surface area contributed by atoms with Crippen molar-refractivity contribution in [3.63, 3.8) is 0 Å². The van der Waals surface area contributed by atoms with Gasteiger partial charge in [-0.2, -0.15) is 0 Å². The number of anilines is 3. The molecule has 0 atom stereocenters. The first-order chi connectivity index (χ1) is 28.7. The Balaban J connectivity index is 1.04. The van der Waals surface area contributed by atoms with Crippen molar-refractivity contribution in [2.24, 2.45) is 0 Å². The van der Waals surface area contributed by atoms with E-state index in [0.29, 0.717) is 0 Å². The highest BCUT2D eigenvalue weighted by atomic mass is 32.1. The van der Waals surface area contributed by atoms with E-state index in [1.807, 2.05) is 29.5 Å². The molecule has 0 unspecified atom stereocenters. The average molecular weight is 763 g/mol. The molecule has 0 saturated heterocycles. The number of benzene rings is 9. The van der Waals surface area contributed by atoms with Crippen LogP contribution in [0.25, 0.3) is 81.0 Å². The number of fused-ring (bicyclic) bond motifs is 6. The molecule has 4 heteroatoms. The molecule has 0 aliphatic heterocycles. The maximum Gasteiger partial charge on any atom is 0.125 e. The van der Waals surface area contributed by atoms with Crippen LogP contribution in [0.15, 0.2) is 212 Å². The highest BCUT2D eigenvalue weighted by Gasteiger charge is 2.20. The molecular formula is C54H35FN2S. The molecular weight excluding hydrogens is 728 g/mol. The molecule has 0 saturated carbocycles. The van der Waals surface area contributed by atoms with Crippen LogP contribution in [0.3, 0.4) is 0 Å². The molecule has 274 valence electrons. The van der Waals surface area contributed by atoms with Crippen LogP contribution in [-0.2, 0) is 0 Å². The number of halogens is 1. The third-order valence-electron chi connectivity index (χ3n) is 11.3. The number of thiophene rings is 1. The van der Waals surface area contributed by atoms with Crippen molar-refractivity contribution in [3.8, 4) is 39.1 Å². The first kappa shape index (κ1) is 34.0. The van der Waals surface area contributed by atoms with Crippen LogP contribution in [0.4, 0.5) is 21.5 Å². The van der Waals surface area contributed by atoms with E-state index in [9.17, 15) is 4.39 Å². The van der Waals surface area contributed by atoms with E-state index in [-0.39, 0.29) is 5.82 Å². The van der Waals surface area contributed by atoms with Crippen molar-refractivity contribution in [1.29, 1.82) is 0 Å². The van der Waals surface area contributed by atoms with Crippen molar-refractivity contribution in [1.82, 2.24) is 4.57 Å². The van der Waals surface area contributed by atoms with Crippen LogP contribution in [0.2, 0.25) is 0 Å². The lowest BCUT2D eigenvalue weighted by atomic mass is 9.99. The predicted octanol–water partition coefficient (Wildman–Crippen LogP) is 15.8. The minimum Gasteiger partial charge on any atom is -0.310 e. The summed E-state index contributed by atoms with van der Waals surface area (Å²) in [5.41, 5.74) is 13.0. The van der Waals surface area contributed by atoms with Gasteiger partial charge >= 0.3 is 0 Å². The highest BCUT2D eigenvalue weighted by Crippen LogP contribution is 2.44. The summed E-state index contributed by atoms with van der Waals surface area (Å²) in [6.45, 7) is 0. The number of nitrogens with zero attached hydrogens (tertiary/aromatic N) is 2. The molecule has 2 nitrogen and oxygen atoms in total. The summed E-state index contributed by atoms with van der Waals surface area (Å²) in [5, 5.41) is 4.73. The van der Waals surface area contributed by atoms with E-state index in [1.165, 1.54) is 31.3 Å². The van der Waals surface area contributed by atoms with Crippen molar-refractivity contribution >= 4 is 70.4 Å². The largest absolute Gasteiger partial charge is 0.310 e. The summed E-state index contributed by atoms with van der Waals surface area (Å²) in [4.78, 5) is 2.36. The van der Waals surface area contributed by atoms with Crippen LogP contribution in [0.5, 0.6) is 0 Å².